The molecule has 0 aliphatic rings. The number of rotatable bonds is 4. The molecule has 0 saturated heterocycles. The van der Waals surface area contributed by atoms with E-state index in [1.54, 1.807) is 12.3 Å². The molecular formula is C15H14N4. The van der Waals surface area contributed by atoms with E-state index in [2.05, 4.69) is 22.1 Å². The summed E-state index contributed by atoms with van der Waals surface area (Å²) in [5.74, 6) is 0. The van der Waals surface area contributed by atoms with Crippen molar-refractivity contribution in [2.75, 3.05) is 5.43 Å². The number of nitriles is 1. The minimum absolute atomic E-state index is 0.649. The molecule has 0 fully saturated rings. The fraction of sp³-hybridized carbons (Fsp3) is 0.0667. The van der Waals surface area contributed by atoms with E-state index in [1.807, 2.05) is 49.4 Å². The quantitative estimate of drug-likeness (QED) is 0.647. The van der Waals surface area contributed by atoms with Crippen LogP contribution in [0.15, 0.2) is 53.6 Å². The van der Waals surface area contributed by atoms with Crippen LogP contribution in [0.3, 0.4) is 0 Å². The molecule has 2 rings (SSSR count). The Labute approximate surface area is 112 Å². The van der Waals surface area contributed by atoms with Crippen molar-refractivity contribution in [2.45, 2.75) is 6.92 Å². The third kappa shape index (κ3) is 3.11. The molecule has 2 aromatic rings. The van der Waals surface area contributed by atoms with E-state index < -0.39 is 0 Å². The number of hydrazine groups is 1. The highest BCUT2D eigenvalue weighted by molar-refractivity contribution is 5.74. The SMILES string of the molecule is C/C=N\NNc1ccc(C#N)c(-c2ccccc2)c1. The average Bonchev–Trinajstić information content (AvgIpc) is 2.48. The van der Waals surface area contributed by atoms with Crippen molar-refractivity contribution in [3.63, 3.8) is 0 Å². The molecular weight excluding hydrogens is 236 g/mol. The van der Waals surface area contributed by atoms with Crippen molar-refractivity contribution in [2.24, 2.45) is 5.10 Å². The normalized spacial score (nSPS) is 10.1. The average molecular weight is 250 g/mol. The number of nitrogens with zero attached hydrogens (tertiary/aromatic N) is 2. The highest BCUT2D eigenvalue weighted by Crippen LogP contribution is 2.26. The number of hydrazone groups is 1. The fourth-order valence-corrected chi connectivity index (χ4v) is 1.74. The zero-order valence-electron chi connectivity index (χ0n) is 10.6. The molecule has 0 aliphatic heterocycles. The lowest BCUT2D eigenvalue weighted by molar-refractivity contribution is 0.882. The van der Waals surface area contributed by atoms with Crippen molar-refractivity contribution in [3.05, 3.63) is 54.1 Å². The minimum Gasteiger partial charge on any atom is -0.285 e. The molecule has 0 aliphatic carbocycles. The molecule has 4 heteroatoms. The summed E-state index contributed by atoms with van der Waals surface area (Å²) in [6.45, 7) is 1.82. The Balaban J connectivity index is 2.35. The van der Waals surface area contributed by atoms with Gasteiger partial charge in [0.25, 0.3) is 0 Å². The number of nitrogens with one attached hydrogen (secondary N) is 2. The first-order valence-electron chi connectivity index (χ1n) is 5.93. The van der Waals surface area contributed by atoms with E-state index in [0.717, 1.165) is 16.8 Å². The van der Waals surface area contributed by atoms with Gasteiger partial charge in [-0.25, -0.2) is 5.53 Å². The summed E-state index contributed by atoms with van der Waals surface area (Å²) in [6.07, 6.45) is 1.65. The van der Waals surface area contributed by atoms with Gasteiger partial charge in [0.05, 0.1) is 17.3 Å². The van der Waals surface area contributed by atoms with Gasteiger partial charge in [0.1, 0.15) is 0 Å². The highest BCUT2D eigenvalue weighted by atomic mass is 15.5. The van der Waals surface area contributed by atoms with Gasteiger partial charge < -0.3 is 0 Å². The predicted octanol–water partition coefficient (Wildman–Crippen LogP) is 3.15. The van der Waals surface area contributed by atoms with Crippen molar-refractivity contribution in [3.8, 4) is 17.2 Å². The summed E-state index contributed by atoms with van der Waals surface area (Å²) in [7, 11) is 0. The van der Waals surface area contributed by atoms with Gasteiger partial charge in [0.2, 0.25) is 0 Å². The number of hydrogen-bond donors (Lipinski definition) is 2. The second kappa shape index (κ2) is 6.22. The summed E-state index contributed by atoms with van der Waals surface area (Å²) in [4.78, 5) is 0. The highest BCUT2D eigenvalue weighted by Gasteiger charge is 2.05. The lowest BCUT2D eigenvalue weighted by Crippen LogP contribution is -2.14. The van der Waals surface area contributed by atoms with E-state index in [9.17, 15) is 5.26 Å². The Morgan fingerprint density at radius 1 is 1.16 bits per heavy atom. The van der Waals surface area contributed by atoms with Gasteiger partial charge in [-0.15, -0.1) is 0 Å². The molecule has 0 unspecified atom stereocenters. The van der Waals surface area contributed by atoms with Gasteiger partial charge in [-0.1, -0.05) is 30.3 Å². The van der Waals surface area contributed by atoms with Crippen LogP contribution in [0.25, 0.3) is 11.1 Å². The molecule has 4 nitrogen and oxygen atoms in total. The maximum atomic E-state index is 9.18. The van der Waals surface area contributed by atoms with Crippen LogP contribution in [0.2, 0.25) is 0 Å². The fourth-order valence-electron chi connectivity index (χ4n) is 1.74. The van der Waals surface area contributed by atoms with Gasteiger partial charge in [0.15, 0.2) is 0 Å². The Morgan fingerprint density at radius 2 is 1.95 bits per heavy atom. The van der Waals surface area contributed by atoms with Crippen LogP contribution in [-0.2, 0) is 0 Å². The predicted molar refractivity (Wildman–Crippen MR) is 77.5 cm³/mol. The molecule has 0 bridgehead atoms. The first kappa shape index (κ1) is 12.7. The van der Waals surface area contributed by atoms with Crippen LogP contribution >= 0.6 is 0 Å². The number of hydrogen-bond acceptors (Lipinski definition) is 4. The molecule has 0 heterocycles. The Morgan fingerprint density at radius 3 is 2.63 bits per heavy atom. The van der Waals surface area contributed by atoms with Crippen molar-refractivity contribution in [1.82, 2.24) is 5.53 Å². The molecule has 0 radical (unpaired) electrons. The van der Waals surface area contributed by atoms with Crippen molar-refractivity contribution < 1.29 is 0 Å². The Kier molecular flexibility index (Phi) is 4.14. The summed E-state index contributed by atoms with van der Waals surface area (Å²) in [5, 5.41) is 13.0. The molecule has 0 saturated carbocycles. The summed E-state index contributed by atoms with van der Waals surface area (Å²) in [6, 6.07) is 17.6. The first-order valence-corrected chi connectivity index (χ1v) is 5.93. The lowest BCUT2D eigenvalue weighted by Gasteiger charge is -2.09. The molecule has 19 heavy (non-hydrogen) atoms. The van der Waals surface area contributed by atoms with Gasteiger partial charge in [-0.3, -0.25) is 5.43 Å². The zero-order chi connectivity index (χ0) is 13.5. The number of anilines is 1. The van der Waals surface area contributed by atoms with Gasteiger partial charge in [-0.05, 0) is 30.7 Å². The van der Waals surface area contributed by atoms with Crippen molar-refractivity contribution >= 4 is 11.9 Å². The van der Waals surface area contributed by atoms with Crippen LogP contribution in [0.4, 0.5) is 5.69 Å². The summed E-state index contributed by atoms with van der Waals surface area (Å²) < 4.78 is 0. The Hall–Kier alpha value is -2.80. The molecule has 2 N–H and O–H groups in total. The third-order valence-corrected chi connectivity index (χ3v) is 2.62. The van der Waals surface area contributed by atoms with E-state index >= 15 is 0 Å². The van der Waals surface area contributed by atoms with Crippen LogP contribution in [0.5, 0.6) is 0 Å². The van der Waals surface area contributed by atoms with Gasteiger partial charge in [-0.2, -0.15) is 10.4 Å². The van der Waals surface area contributed by atoms with Crippen LogP contribution < -0.4 is 11.0 Å². The van der Waals surface area contributed by atoms with Crippen LogP contribution in [0.1, 0.15) is 12.5 Å². The second-order valence-electron chi connectivity index (χ2n) is 3.86. The van der Waals surface area contributed by atoms with E-state index in [-0.39, 0.29) is 0 Å². The summed E-state index contributed by atoms with van der Waals surface area (Å²) in [5.41, 5.74) is 9.07. The summed E-state index contributed by atoms with van der Waals surface area (Å²) >= 11 is 0. The van der Waals surface area contributed by atoms with E-state index in [4.69, 9.17) is 0 Å². The molecule has 0 atom stereocenters. The van der Waals surface area contributed by atoms with Gasteiger partial charge in [0, 0.05) is 11.8 Å². The van der Waals surface area contributed by atoms with E-state index in [1.165, 1.54) is 0 Å². The molecule has 0 aromatic heterocycles. The zero-order valence-corrected chi connectivity index (χ0v) is 10.6. The molecule has 0 spiro atoms. The maximum absolute atomic E-state index is 9.18. The van der Waals surface area contributed by atoms with Crippen LogP contribution in [0, 0.1) is 11.3 Å². The van der Waals surface area contributed by atoms with Crippen molar-refractivity contribution in [1.29, 1.82) is 5.26 Å². The largest absolute Gasteiger partial charge is 0.285 e. The maximum Gasteiger partial charge on any atom is 0.0998 e. The monoisotopic (exact) mass is 250 g/mol. The minimum atomic E-state index is 0.649. The van der Waals surface area contributed by atoms with Crippen LogP contribution in [-0.4, -0.2) is 6.21 Å². The van der Waals surface area contributed by atoms with Gasteiger partial charge >= 0.3 is 0 Å². The number of benzene rings is 2. The molecule has 0 amide bonds. The topological polar surface area (TPSA) is 60.2 Å². The lowest BCUT2D eigenvalue weighted by atomic mass is 10.00. The smallest absolute Gasteiger partial charge is 0.0998 e. The Bertz CT molecular complexity index is 612. The third-order valence-electron chi connectivity index (χ3n) is 2.62. The standard InChI is InChI=1S/C15H14N4/c1-2-17-19-18-14-9-8-13(11-16)15(10-14)12-6-4-3-5-7-12/h2-10,18-19H,1H3/b17-2-. The van der Waals surface area contributed by atoms with E-state index in [0.29, 0.717) is 5.56 Å². The first-order chi connectivity index (χ1) is 9.35. The molecule has 94 valence electrons. The molecule has 2 aromatic carbocycles. The second-order valence-corrected chi connectivity index (χ2v) is 3.86.